The third kappa shape index (κ3) is 5.48. The minimum atomic E-state index is 0.0929. The molecule has 3 heteroatoms. The first-order chi connectivity index (χ1) is 15.2. The van der Waals surface area contributed by atoms with Crippen LogP contribution in [0.1, 0.15) is 34.0 Å². The highest BCUT2D eigenvalue weighted by Gasteiger charge is 2.14. The van der Waals surface area contributed by atoms with E-state index in [0.29, 0.717) is 15.2 Å². The molecule has 0 fully saturated rings. The molecular formula is C28H25O2P. The molecule has 0 N–H and O–H groups in total. The van der Waals surface area contributed by atoms with E-state index in [-0.39, 0.29) is 5.78 Å². The fourth-order valence-electron chi connectivity index (χ4n) is 3.58. The molecule has 1 unspecified atom stereocenters. The van der Waals surface area contributed by atoms with Gasteiger partial charge in [-0.1, -0.05) is 112 Å². The Hall–Kier alpha value is -3.22. The highest BCUT2D eigenvalue weighted by Crippen LogP contribution is 2.27. The zero-order valence-electron chi connectivity index (χ0n) is 17.5. The molecule has 0 saturated heterocycles. The second-order valence-electron chi connectivity index (χ2n) is 7.46. The zero-order chi connectivity index (χ0) is 21.5. The molecule has 2 nitrogen and oxygen atoms in total. The van der Waals surface area contributed by atoms with Crippen molar-refractivity contribution < 1.29 is 9.53 Å². The van der Waals surface area contributed by atoms with Gasteiger partial charge in [-0.3, -0.25) is 4.79 Å². The number of benzene rings is 4. The lowest BCUT2D eigenvalue weighted by molar-refractivity contribution is 0.101. The second kappa shape index (κ2) is 10.2. The Morgan fingerprint density at radius 2 is 1.32 bits per heavy atom. The van der Waals surface area contributed by atoms with Gasteiger partial charge in [0.05, 0.1) is 0 Å². The number of para-hydroxylation sites is 1. The second-order valence-corrected chi connectivity index (χ2v) is 8.78. The largest absolute Gasteiger partial charge is 0.488 e. The highest BCUT2D eigenvalue weighted by molar-refractivity contribution is 7.56. The Balaban J connectivity index is 1.70. The fourth-order valence-corrected chi connectivity index (χ4v) is 4.97. The van der Waals surface area contributed by atoms with Crippen molar-refractivity contribution >= 4 is 25.0 Å². The van der Waals surface area contributed by atoms with Crippen LogP contribution in [0.15, 0.2) is 103 Å². The summed E-state index contributed by atoms with van der Waals surface area (Å²) in [5.74, 6) is 1.02. The molecule has 0 bridgehead atoms. The Bertz CT molecular complexity index is 1150. The molecule has 0 spiro atoms. The predicted molar refractivity (Wildman–Crippen MR) is 130 cm³/mol. The molecule has 4 aromatic carbocycles. The van der Waals surface area contributed by atoms with Crippen molar-refractivity contribution in [3.63, 3.8) is 0 Å². The molecule has 31 heavy (non-hydrogen) atoms. The van der Waals surface area contributed by atoms with E-state index in [4.69, 9.17) is 4.74 Å². The van der Waals surface area contributed by atoms with Crippen LogP contribution in [0.5, 0.6) is 5.75 Å². The van der Waals surface area contributed by atoms with Crippen LogP contribution in [-0.4, -0.2) is 5.78 Å². The van der Waals surface area contributed by atoms with E-state index in [2.05, 4.69) is 54.6 Å². The van der Waals surface area contributed by atoms with Gasteiger partial charge >= 0.3 is 0 Å². The number of hydrogen-bond acceptors (Lipinski definition) is 2. The molecule has 154 valence electrons. The third-order valence-corrected chi connectivity index (χ3v) is 6.50. The smallest absolute Gasteiger partial charge is 0.160 e. The summed E-state index contributed by atoms with van der Waals surface area (Å²) < 4.78 is 6.42. The maximum absolute atomic E-state index is 12.1. The minimum absolute atomic E-state index is 0.0929. The van der Waals surface area contributed by atoms with Gasteiger partial charge in [0.15, 0.2) is 5.78 Å². The average Bonchev–Trinajstić information content (AvgIpc) is 2.80. The van der Waals surface area contributed by atoms with Crippen LogP contribution in [0, 0.1) is 0 Å². The molecule has 0 saturated carbocycles. The van der Waals surface area contributed by atoms with Crippen LogP contribution in [0.25, 0.3) is 0 Å². The number of ether oxygens (including phenoxy) is 1. The highest BCUT2D eigenvalue weighted by atomic mass is 31.1. The number of hydrogen-bond donors (Lipinski definition) is 0. The predicted octanol–water partition coefficient (Wildman–Crippen LogP) is 5.69. The molecule has 0 aromatic heterocycles. The Morgan fingerprint density at radius 1 is 0.710 bits per heavy atom. The molecule has 0 amide bonds. The van der Waals surface area contributed by atoms with Gasteiger partial charge in [0.25, 0.3) is 0 Å². The van der Waals surface area contributed by atoms with Gasteiger partial charge in [-0.25, -0.2) is 0 Å². The van der Waals surface area contributed by atoms with Crippen LogP contribution in [0.3, 0.4) is 0 Å². The van der Waals surface area contributed by atoms with Crippen LogP contribution in [0.4, 0.5) is 0 Å². The molecule has 4 rings (SSSR count). The maximum Gasteiger partial charge on any atom is 0.160 e. The summed E-state index contributed by atoms with van der Waals surface area (Å²) >= 11 is 0. The standard InChI is InChI=1S/C28H25O2P/c1-21(29)25-16-8-9-17-26(25)31-27-18-10-15-24(19-22-11-4-2-5-12-22)28(27)30-20-23-13-6-3-7-14-23/h2-18,31H,19-20H2,1H3. The first-order valence-corrected chi connectivity index (χ1v) is 11.4. The number of Topliss-reactive ketones (excluding diaryl/α,β-unsaturated/α-hetero) is 1. The van der Waals surface area contributed by atoms with Crippen molar-refractivity contribution in [3.05, 3.63) is 125 Å². The van der Waals surface area contributed by atoms with Crippen molar-refractivity contribution in [1.82, 2.24) is 0 Å². The van der Waals surface area contributed by atoms with E-state index in [1.807, 2.05) is 48.5 Å². The van der Waals surface area contributed by atoms with E-state index in [0.717, 1.165) is 39.5 Å². The zero-order valence-corrected chi connectivity index (χ0v) is 18.5. The summed E-state index contributed by atoms with van der Waals surface area (Å²) in [6, 6.07) is 34.9. The van der Waals surface area contributed by atoms with E-state index >= 15 is 0 Å². The van der Waals surface area contributed by atoms with Gasteiger partial charge in [-0.15, -0.1) is 0 Å². The minimum Gasteiger partial charge on any atom is -0.488 e. The molecule has 0 radical (unpaired) electrons. The lowest BCUT2D eigenvalue weighted by Crippen LogP contribution is -2.15. The van der Waals surface area contributed by atoms with Crippen LogP contribution < -0.4 is 15.3 Å². The summed E-state index contributed by atoms with van der Waals surface area (Å²) in [4.78, 5) is 12.1. The van der Waals surface area contributed by atoms with Crippen LogP contribution >= 0.6 is 8.58 Å². The van der Waals surface area contributed by atoms with E-state index in [9.17, 15) is 4.79 Å². The maximum atomic E-state index is 12.1. The Morgan fingerprint density at radius 3 is 2.03 bits per heavy atom. The van der Waals surface area contributed by atoms with Gasteiger partial charge in [0.2, 0.25) is 0 Å². The van der Waals surface area contributed by atoms with Gasteiger partial charge in [0, 0.05) is 17.3 Å². The van der Waals surface area contributed by atoms with Gasteiger partial charge in [-0.2, -0.15) is 0 Å². The summed E-state index contributed by atoms with van der Waals surface area (Å²) in [7, 11) is 0.346. The Kier molecular flexibility index (Phi) is 6.92. The first-order valence-electron chi connectivity index (χ1n) is 10.4. The lowest BCUT2D eigenvalue weighted by Gasteiger charge is -2.17. The van der Waals surface area contributed by atoms with Crippen molar-refractivity contribution in [2.75, 3.05) is 0 Å². The third-order valence-electron chi connectivity index (χ3n) is 5.14. The van der Waals surface area contributed by atoms with Gasteiger partial charge in [-0.05, 0) is 28.9 Å². The van der Waals surface area contributed by atoms with Gasteiger partial charge < -0.3 is 4.74 Å². The number of carbonyl (C=O) groups excluding carboxylic acids is 1. The molecule has 1 atom stereocenters. The average molecular weight is 424 g/mol. The molecule has 0 aliphatic heterocycles. The number of ketones is 1. The normalized spacial score (nSPS) is 11.0. The van der Waals surface area contributed by atoms with Crippen molar-refractivity contribution in [2.24, 2.45) is 0 Å². The van der Waals surface area contributed by atoms with E-state index < -0.39 is 0 Å². The SMILES string of the molecule is CC(=O)c1ccccc1Pc1cccc(Cc2ccccc2)c1OCc1ccccc1. The van der Waals surface area contributed by atoms with Crippen LogP contribution in [0.2, 0.25) is 0 Å². The van der Waals surface area contributed by atoms with E-state index in [1.54, 1.807) is 6.92 Å². The summed E-state index contributed by atoms with van der Waals surface area (Å²) in [6.45, 7) is 2.14. The topological polar surface area (TPSA) is 26.3 Å². The monoisotopic (exact) mass is 424 g/mol. The molecular weight excluding hydrogens is 399 g/mol. The van der Waals surface area contributed by atoms with Crippen LogP contribution in [-0.2, 0) is 13.0 Å². The van der Waals surface area contributed by atoms with Crippen molar-refractivity contribution in [3.8, 4) is 5.75 Å². The molecule has 0 heterocycles. The number of rotatable bonds is 8. The summed E-state index contributed by atoms with van der Waals surface area (Å²) in [5, 5.41) is 2.18. The fraction of sp³-hybridized carbons (Fsp3) is 0.107. The molecule has 4 aromatic rings. The van der Waals surface area contributed by atoms with Crippen molar-refractivity contribution in [2.45, 2.75) is 20.0 Å². The molecule has 0 aliphatic carbocycles. The van der Waals surface area contributed by atoms with E-state index in [1.165, 1.54) is 5.56 Å². The first kappa shape index (κ1) is 21.0. The Labute approximate surface area is 185 Å². The lowest BCUT2D eigenvalue weighted by atomic mass is 10.0. The van der Waals surface area contributed by atoms with Crippen molar-refractivity contribution in [1.29, 1.82) is 0 Å². The quantitative estimate of drug-likeness (QED) is 0.268. The number of carbonyl (C=O) groups is 1. The molecule has 0 aliphatic rings. The van der Waals surface area contributed by atoms with Gasteiger partial charge in [0.1, 0.15) is 12.4 Å². The summed E-state index contributed by atoms with van der Waals surface area (Å²) in [5.41, 5.74) is 4.32. The summed E-state index contributed by atoms with van der Waals surface area (Å²) in [6.07, 6.45) is 0.803.